The standard InChI is InChI=1S/C11H6Cl3N/c1-6(12)10-8-5-7(13)3-2-4-9(8)15-11(10)14/h2-5H,1H2. The van der Waals surface area contributed by atoms with E-state index in [0.29, 0.717) is 20.8 Å². The van der Waals surface area contributed by atoms with Crippen LogP contribution < -0.4 is 0 Å². The van der Waals surface area contributed by atoms with E-state index in [9.17, 15) is 0 Å². The Bertz CT molecular complexity index is 508. The molecule has 0 fully saturated rings. The molecule has 0 atom stereocenters. The average molecular weight is 259 g/mol. The van der Waals surface area contributed by atoms with E-state index < -0.39 is 0 Å². The number of hydrogen-bond donors (Lipinski definition) is 0. The van der Waals surface area contributed by atoms with Crippen molar-refractivity contribution in [3.63, 3.8) is 0 Å². The van der Waals surface area contributed by atoms with Crippen LogP contribution in [0, 0.1) is 0 Å². The highest BCUT2D eigenvalue weighted by molar-refractivity contribution is 6.50. The molecule has 76 valence electrons. The first-order valence-corrected chi connectivity index (χ1v) is 5.32. The van der Waals surface area contributed by atoms with Gasteiger partial charge >= 0.3 is 0 Å². The summed E-state index contributed by atoms with van der Waals surface area (Å²) in [5, 5.41) is 1.32. The van der Waals surface area contributed by atoms with E-state index in [1.807, 2.05) is 12.1 Å². The number of aromatic nitrogens is 1. The Morgan fingerprint density at radius 2 is 2.00 bits per heavy atom. The number of rotatable bonds is 1. The zero-order valence-electron chi connectivity index (χ0n) is 7.60. The highest BCUT2D eigenvalue weighted by Gasteiger charge is 2.17. The van der Waals surface area contributed by atoms with Gasteiger partial charge in [-0.15, -0.1) is 0 Å². The monoisotopic (exact) mass is 257 g/mol. The second-order valence-corrected chi connectivity index (χ2v) is 4.29. The third-order valence-electron chi connectivity index (χ3n) is 2.03. The summed E-state index contributed by atoms with van der Waals surface area (Å²) in [4.78, 5) is 4.18. The lowest BCUT2D eigenvalue weighted by atomic mass is 10.1. The van der Waals surface area contributed by atoms with Crippen LogP contribution in [0.25, 0.3) is 16.3 Å². The lowest BCUT2D eigenvalue weighted by Crippen LogP contribution is -1.75. The molecular formula is C11H6Cl3N. The zero-order valence-corrected chi connectivity index (χ0v) is 9.87. The van der Waals surface area contributed by atoms with Gasteiger partial charge in [-0.25, -0.2) is 4.98 Å². The molecule has 0 aromatic heterocycles. The highest BCUT2D eigenvalue weighted by Crippen LogP contribution is 2.37. The molecule has 0 unspecified atom stereocenters. The quantitative estimate of drug-likeness (QED) is 0.722. The molecule has 0 aromatic carbocycles. The van der Waals surface area contributed by atoms with Gasteiger partial charge in [0.2, 0.25) is 0 Å². The molecule has 0 saturated carbocycles. The predicted octanol–water partition coefficient (Wildman–Crippen LogP) is 4.70. The molecule has 0 amide bonds. The summed E-state index contributed by atoms with van der Waals surface area (Å²) in [6.45, 7) is 3.66. The second kappa shape index (κ2) is 4.01. The molecule has 15 heavy (non-hydrogen) atoms. The Labute approximate surface area is 103 Å². The molecule has 2 aliphatic rings. The molecule has 0 saturated heterocycles. The fraction of sp³-hybridized carbons (Fsp3) is 0. The second-order valence-electron chi connectivity index (χ2n) is 3.04. The molecule has 1 aliphatic heterocycles. The normalized spacial score (nSPS) is 10.6. The Balaban J connectivity index is 2.80. The smallest absolute Gasteiger partial charge is 0.139 e. The van der Waals surface area contributed by atoms with Crippen LogP contribution >= 0.6 is 34.8 Å². The maximum atomic E-state index is 5.96. The largest absolute Gasteiger partial charge is 0.235 e. The van der Waals surface area contributed by atoms with Crippen molar-refractivity contribution in [3.05, 3.63) is 46.6 Å². The molecule has 1 heterocycles. The third kappa shape index (κ3) is 1.96. The van der Waals surface area contributed by atoms with Crippen molar-refractivity contribution in [2.24, 2.45) is 0 Å². The predicted molar refractivity (Wildman–Crippen MR) is 65.8 cm³/mol. The summed E-state index contributed by atoms with van der Waals surface area (Å²) < 4.78 is 0. The van der Waals surface area contributed by atoms with E-state index in [1.165, 1.54) is 0 Å². The fourth-order valence-corrected chi connectivity index (χ4v) is 2.14. The molecule has 0 radical (unpaired) electrons. The van der Waals surface area contributed by atoms with Gasteiger partial charge < -0.3 is 0 Å². The lowest BCUT2D eigenvalue weighted by Gasteiger charge is -1.96. The highest BCUT2D eigenvalue weighted by atomic mass is 35.5. The number of halogens is 3. The van der Waals surface area contributed by atoms with E-state index in [1.54, 1.807) is 12.1 Å². The van der Waals surface area contributed by atoms with Gasteiger partial charge in [0.25, 0.3) is 0 Å². The van der Waals surface area contributed by atoms with Gasteiger partial charge in [-0.2, -0.15) is 0 Å². The first-order valence-electron chi connectivity index (χ1n) is 4.19. The average Bonchev–Trinajstić information content (AvgIpc) is 2.32. The maximum Gasteiger partial charge on any atom is 0.139 e. The maximum absolute atomic E-state index is 5.96. The Kier molecular flexibility index (Phi) is 2.87. The van der Waals surface area contributed by atoms with E-state index >= 15 is 0 Å². The van der Waals surface area contributed by atoms with Crippen molar-refractivity contribution in [2.45, 2.75) is 0 Å². The van der Waals surface area contributed by atoms with Crippen molar-refractivity contribution in [3.8, 4) is 11.3 Å². The van der Waals surface area contributed by atoms with E-state index in [-0.39, 0.29) is 0 Å². The number of fused-ring (bicyclic) bond motifs is 1. The summed E-state index contributed by atoms with van der Waals surface area (Å²) in [5.74, 6) is 0. The van der Waals surface area contributed by atoms with Crippen LogP contribution in [0.15, 0.2) is 30.8 Å². The summed E-state index contributed by atoms with van der Waals surface area (Å²) in [5.41, 5.74) is 2.21. The minimum Gasteiger partial charge on any atom is -0.235 e. The van der Waals surface area contributed by atoms with Crippen LogP contribution in [-0.2, 0) is 0 Å². The van der Waals surface area contributed by atoms with Gasteiger partial charge in [-0.1, -0.05) is 47.4 Å². The molecule has 0 aromatic rings. The van der Waals surface area contributed by atoms with Crippen LogP contribution in [-0.4, -0.2) is 4.98 Å². The van der Waals surface area contributed by atoms with Crippen molar-refractivity contribution < 1.29 is 0 Å². The van der Waals surface area contributed by atoms with Gasteiger partial charge in [-0.3, -0.25) is 0 Å². The lowest BCUT2D eigenvalue weighted by molar-refractivity contribution is 1.41. The van der Waals surface area contributed by atoms with Gasteiger partial charge in [-0.05, 0) is 18.2 Å². The van der Waals surface area contributed by atoms with Gasteiger partial charge in [0.15, 0.2) is 0 Å². The van der Waals surface area contributed by atoms with Crippen LogP contribution in [0.1, 0.15) is 5.56 Å². The molecule has 0 bridgehead atoms. The Hall–Kier alpha value is -0.760. The first kappa shape index (κ1) is 10.7. The van der Waals surface area contributed by atoms with Gasteiger partial charge in [0.05, 0.1) is 5.69 Å². The van der Waals surface area contributed by atoms with Crippen LogP contribution in [0.5, 0.6) is 0 Å². The number of nitrogens with zero attached hydrogens (tertiary/aromatic N) is 1. The van der Waals surface area contributed by atoms with E-state index in [0.717, 1.165) is 11.3 Å². The summed E-state index contributed by atoms with van der Waals surface area (Å²) in [6.07, 6.45) is 0. The fourth-order valence-electron chi connectivity index (χ4n) is 1.41. The molecule has 1 nitrogen and oxygen atoms in total. The SMILES string of the molecule is C=C(Cl)c1c2cc(Cl)cccc-2nc1Cl. The molecule has 1 aliphatic carbocycles. The molecule has 4 heteroatoms. The Morgan fingerprint density at radius 3 is 2.67 bits per heavy atom. The minimum absolute atomic E-state index is 0.354. The molecule has 0 N–H and O–H groups in total. The minimum atomic E-state index is 0.354. The summed E-state index contributed by atoms with van der Waals surface area (Å²) in [6, 6.07) is 7.20. The van der Waals surface area contributed by atoms with Crippen molar-refractivity contribution in [1.29, 1.82) is 0 Å². The van der Waals surface area contributed by atoms with Crippen LogP contribution in [0.4, 0.5) is 0 Å². The third-order valence-corrected chi connectivity index (χ3v) is 2.73. The van der Waals surface area contributed by atoms with Gasteiger partial charge in [0, 0.05) is 21.2 Å². The van der Waals surface area contributed by atoms with Crippen LogP contribution in [0.3, 0.4) is 0 Å². The van der Waals surface area contributed by atoms with E-state index in [2.05, 4.69) is 11.6 Å². The van der Waals surface area contributed by atoms with Crippen LogP contribution in [0.2, 0.25) is 10.2 Å². The molecule has 2 rings (SSSR count). The summed E-state index contributed by atoms with van der Waals surface area (Å²) >= 11 is 17.8. The molecular weight excluding hydrogens is 252 g/mol. The molecule has 0 spiro atoms. The Morgan fingerprint density at radius 1 is 1.27 bits per heavy atom. The first-order chi connectivity index (χ1) is 7.09. The van der Waals surface area contributed by atoms with Crippen molar-refractivity contribution >= 4 is 39.8 Å². The van der Waals surface area contributed by atoms with Gasteiger partial charge in [0.1, 0.15) is 5.15 Å². The van der Waals surface area contributed by atoms with Crippen molar-refractivity contribution in [1.82, 2.24) is 4.98 Å². The topological polar surface area (TPSA) is 12.9 Å². The zero-order chi connectivity index (χ0) is 11.0. The number of hydrogen-bond acceptors (Lipinski definition) is 1. The van der Waals surface area contributed by atoms with E-state index in [4.69, 9.17) is 34.8 Å². The summed E-state index contributed by atoms with van der Waals surface area (Å²) in [7, 11) is 0. The van der Waals surface area contributed by atoms with Crippen molar-refractivity contribution in [2.75, 3.05) is 0 Å².